The van der Waals surface area contributed by atoms with Crippen molar-refractivity contribution in [3.8, 4) is 11.5 Å². The van der Waals surface area contributed by atoms with Crippen LogP contribution < -0.4 is 9.47 Å². The van der Waals surface area contributed by atoms with Crippen LogP contribution in [0.1, 0.15) is 30.4 Å². The molecular formula is C15H20O4. The molecule has 1 aliphatic carbocycles. The molecule has 1 aromatic rings. The zero-order valence-electron chi connectivity index (χ0n) is 11.7. The maximum atomic E-state index is 11.5. The van der Waals surface area contributed by atoms with Gasteiger partial charge in [0, 0.05) is 5.56 Å². The minimum atomic E-state index is -0.700. The van der Waals surface area contributed by atoms with Crippen LogP contribution in [0.15, 0.2) is 12.1 Å². The van der Waals surface area contributed by atoms with Gasteiger partial charge in [-0.1, -0.05) is 12.5 Å². The van der Waals surface area contributed by atoms with Gasteiger partial charge in [0.05, 0.1) is 19.6 Å². The van der Waals surface area contributed by atoms with Crippen LogP contribution in [0.25, 0.3) is 0 Å². The van der Waals surface area contributed by atoms with Crippen molar-refractivity contribution in [1.82, 2.24) is 0 Å². The summed E-state index contributed by atoms with van der Waals surface area (Å²) in [5, 5.41) is 9.41. The molecule has 1 saturated carbocycles. The Kier molecular flexibility index (Phi) is 3.69. The van der Waals surface area contributed by atoms with Crippen molar-refractivity contribution in [1.29, 1.82) is 0 Å². The van der Waals surface area contributed by atoms with Gasteiger partial charge in [-0.2, -0.15) is 0 Å². The van der Waals surface area contributed by atoms with Crippen LogP contribution in [-0.2, 0) is 11.2 Å². The van der Waals surface area contributed by atoms with Gasteiger partial charge in [0.2, 0.25) is 0 Å². The maximum absolute atomic E-state index is 11.5. The standard InChI is InChI=1S/C15H20O4/c1-10-12(18-2)6-5-11(13(10)19-3)9-15(14(16)17)7-4-8-15/h5-6H,4,7-9H2,1-3H3,(H,16,17). The molecule has 0 amide bonds. The number of ether oxygens (including phenoxy) is 2. The summed E-state index contributed by atoms with van der Waals surface area (Å²) < 4.78 is 10.7. The number of methoxy groups -OCH3 is 2. The monoisotopic (exact) mass is 264 g/mol. The molecule has 1 aromatic carbocycles. The molecular weight excluding hydrogens is 244 g/mol. The van der Waals surface area contributed by atoms with Crippen LogP contribution in [-0.4, -0.2) is 25.3 Å². The lowest BCUT2D eigenvalue weighted by Gasteiger charge is -2.38. The van der Waals surface area contributed by atoms with E-state index in [1.165, 1.54) is 0 Å². The first kappa shape index (κ1) is 13.7. The highest BCUT2D eigenvalue weighted by Gasteiger charge is 2.44. The van der Waals surface area contributed by atoms with Gasteiger partial charge in [-0.15, -0.1) is 0 Å². The van der Waals surface area contributed by atoms with Crippen LogP contribution >= 0.6 is 0 Å². The molecule has 0 aliphatic heterocycles. The number of carbonyl (C=O) groups is 1. The molecule has 1 fully saturated rings. The Bertz CT molecular complexity index is 489. The summed E-state index contributed by atoms with van der Waals surface area (Å²) in [6.45, 7) is 1.93. The summed E-state index contributed by atoms with van der Waals surface area (Å²) in [5.41, 5.74) is 1.26. The minimum absolute atomic E-state index is 0.524. The van der Waals surface area contributed by atoms with Gasteiger partial charge in [-0.05, 0) is 37.8 Å². The van der Waals surface area contributed by atoms with E-state index in [1.54, 1.807) is 14.2 Å². The fourth-order valence-electron chi connectivity index (χ4n) is 2.81. The fraction of sp³-hybridized carbons (Fsp3) is 0.533. The molecule has 1 N–H and O–H groups in total. The van der Waals surface area contributed by atoms with Crippen molar-refractivity contribution in [2.75, 3.05) is 14.2 Å². The Morgan fingerprint density at radius 3 is 2.42 bits per heavy atom. The largest absolute Gasteiger partial charge is 0.496 e. The Balaban J connectivity index is 2.35. The third kappa shape index (κ3) is 2.27. The molecule has 0 aromatic heterocycles. The second-order valence-electron chi connectivity index (χ2n) is 5.20. The Labute approximate surface area is 113 Å². The zero-order valence-corrected chi connectivity index (χ0v) is 11.7. The van der Waals surface area contributed by atoms with Gasteiger partial charge < -0.3 is 14.6 Å². The Morgan fingerprint density at radius 1 is 1.32 bits per heavy atom. The average Bonchev–Trinajstić information content (AvgIpc) is 2.33. The summed E-state index contributed by atoms with van der Waals surface area (Å²) in [6.07, 6.45) is 3.01. The van der Waals surface area contributed by atoms with E-state index in [0.29, 0.717) is 6.42 Å². The van der Waals surface area contributed by atoms with Crippen LogP contribution in [0, 0.1) is 12.3 Å². The SMILES string of the molecule is COc1ccc(CC2(C(=O)O)CCC2)c(OC)c1C. The van der Waals surface area contributed by atoms with Gasteiger partial charge >= 0.3 is 5.97 Å². The van der Waals surface area contributed by atoms with Crippen molar-refractivity contribution >= 4 is 5.97 Å². The van der Waals surface area contributed by atoms with Gasteiger partial charge in [0.15, 0.2) is 0 Å². The summed E-state index contributed by atoms with van der Waals surface area (Å²) in [5.74, 6) is 0.805. The van der Waals surface area contributed by atoms with Gasteiger partial charge in [-0.25, -0.2) is 0 Å². The van der Waals surface area contributed by atoms with E-state index in [1.807, 2.05) is 19.1 Å². The normalized spacial score (nSPS) is 16.6. The Hall–Kier alpha value is -1.71. The number of benzene rings is 1. The minimum Gasteiger partial charge on any atom is -0.496 e. The lowest BCUT2D eigenvalue weighted by Crippen LogP contribution is -2.40. The maximum Gasteiger partial charge on any atom is 0.309 e. The zero-order chi connectivity index (χ0) is 14.0. The van der Waals surface area contributed by atoms with Crippen molar-refractivity contribution < 1.29 is 19.4 Å². The summed E-state index contributed by atoms with van der Waals surface area (Å²) in [7, 11) is 3.23. The lowest BCUT2D eigenvalue weighted by atomic mass is 9.65. The molecule has 1 aliphatic rings. The third-order valence-electron chi connectivity index (χ3n) is 4.15. The van der Waals surface area contributed by atoms with E-state index < -0.39 is 11.4 Å². The second kappa shape index (κ2) is 5.11. The van der Waals surface area contributed by atoms with Gasteiger partial charge in [-0.3, -0.25) is 4.79 Å². The smallest absolute Gasteiger partial charge is 0.309 e. The molecule has 104 valence electrons. The first-order chi connectivity index (χ1) is 9.04. The van der Waals surface area contributed by atoms with Crippen molar-refractivity contribution in [3.63, 3.8) is 0 Å². The van der Waals surface area contributed by atoms with E-state index >= 15 is 0 Å². The topological polar surface area (TPSA) is 55.8 Å². The molecule has 4 nitrogen and oxygen atoms in total. The van der Waals surface area contributed by atoms with E-state index in [4.69, 9.17) is 9.47 Å². The number of hydrogen-bond acceptors (Lipinski definition) is 3. The predicted molar refractivity (Wildman–Crippen MR) is 71.9 cm³/mol. The van der Waals surface area contributed by atoms with E-state index in [2.05, 4.69) is 0 Å². The van der Waals surface area contributed by atoms with Crippen molar-refractivity contribution in [3.05, 3.63) is 23.3 Å². The second-order valence-corrected chi connectivity index (χ2v) is 5.20. The lowest BCUT2D eigenvalue weighted by molar-refractivity contribution is -0.154. The van der Waals surface area contributed by atoms with E-state index in [0.717, 1.165) is 41.9 Å². The highest BCUT2D eigenvalue weighted by molar-refractivity contribution is 5.76. The summed E-state index contributed by atoms with van der Waals surface area (Å²) in [4.78, 5) is 11.5. The number of aliphatic carboxylic acids is 1. The molecule has 0 atom stereocenters. The van der Waals surface area contributed by atoms with Gasteiger partial charge in [0.25, 0.3) is 0 Å². The molecule has 0 spiro atoms. The van der Waals surface area contributed by atoms with Crippen LogP contribution in [0.4, 0.5) is 0 Å². The molecule has 4 heteroatoms. The quantitative estimate of drug-likeness (QED) is 0.888. The van der Waals surface area contributed by atoms with E-state index in [9.17, 15) is 9.90 Å². The molecule has 0 saturated heterocycles. The first-order valence-corrected chi connectivity index (χ1v) is 6.48. The van der Waals surface area contributed by atoms with Crippen LogP contribution in [0.3, 0.4) is 0 Å². The number of carboxylic acid groups (broad SMARTS) is 1. The van der Waals surface area contributed by atoms with Crippen LogP contribution in [0.2, 0.25) is 0 Å². The average molecular weight is 264 g/mol. The van der Waals surface area contributed by atoms with E-state index in [-0.39, 0.29) is 0 Å². The number of hydrogen-bond donors (Lipinski definition) is 1. The van der Waals surface area contributed by atoms with Crippen molar-refractivity contribution in [2.45, 2.75) is 32.6 Å². The van der Waals surface area contributed by atoms with Gasteiger partial charge in [0.1, 0.15) is 11.5 Å². The molecule has 0 radical (unpaired) electrons. The molecule has 0 heterocycles. The molecule has 0 unspecified atom stereocenters. The molecule has 0 bridgehead atoms. The molecule has 2 rings (SSSR count). The number of carboxylic acids is 1. The van der Waals surface area contributed by atoms with Crippen LogP contribution in [0.5, 0.6) is 11.5 Å². The highest BCUT2D eigenvalue weighted by atomic mass is 16.5. The molecule has 19 heavy (non-hydrogen) atoms. The first-order valence-electron chi connectivity index (χ1n) is 6.48. The number of rotatable bonds is 5. The highest BCUT2D eigenvalue weighted by Crippen LogP contribution is 2.46. The predicted octanol–water partition coefficient (Wildman–Crippen LogP) is 2.81. The third-order valence-corrected chi connectivity index (χ3v) is 4.15. The van der Waals surface area contributed by atoms with Crippen molar-refractivity contribution in [2.24, 2.45) is 5.41 Å². The summed E-state index contributed by atoms with van der Waals surface area (Å²) in [6, 6.07) is 3.79. The Morgan fingerprint density at radius 2 is 2.00 bits per heavy atom. The summed E-state index contributed by atoms with van der Waals surface area (Å²) >= 11 is 0. The fourth-order valence-corrected chi connectivity index (χ4v) is 2.81.